The van der Waals surface area contributed by atoms with Crippen molar-refractivity contribution >= 4 is 81.4 Å². The van der Waals surface area contributed by atoms with E-state index in [0.717, 1.165) is 0 Å². The molecule has 11 heteroatoms. The molecule has 6 nitrogen and oxygen atoms in total. The molecule has 0 saturated carbocycles. The van der Waals surface area contributed by atoms with Gasteiger partial charge in [0.15, 0.2) is 4.34 Å². The molecule has 0 bridgehead atoms. The van der Waals surface area contributed by atoms with Gasteiger partial charge in [-0.3, -0.25) is 9.59 Å². The Kier molecular flexibility index (Phi) is 8.62. The van der Waals surface area contributed by atoms with Crippen LogP contribution in [-0.4, -0.2) is 31.7 Å². The number of rotatable bonds is 8. The summed E-state index contributed by atoms with van der Waals surface area (Å²) in [5.41, 5.74) is 1.35. The maximum absolute atomic E-state index is 12.4. The molecule has 0 saturated heterocycles. The third-order valence-electron chi connectivity index (χ3n) is 3.91. The Morgan fingerprint density at radius 3 is 1.77 bits per heavy atom. The molecule has 2 amide bonds. The maximum Gasteiger partial charge on any atom is 0.237 e. The van der Waals surface area contributed by atoms with E-state index < -0.39 is 5.25 Å². The zero-order chi connectivity index (χ0) is 22.4. The van der Waals surface area contributed by atoms with Gasteiger partial charge in [0.1, 0.15) is 0 Å². The number of carbonyl (C=O) groups is 2. The fourth-order valence-electron chi connectivity index (χ4n) is 2.26. The van der Waals surface area contributed by atoms with Crippen LogP contribution in [0.25, 0.3) is 0 Å². The number of halogens is 2. The summed E-state index contributed by atoms with van der Waals surface area (Å²) in [4.78, 5) is 29.2. The molecule has 3 rings (SSSR count). The number of nitrogens with one attached hydrogen (secondary N) is 2. The molecular weight excluding hydrogens is 495 g/mol. The van der Waals surface area contributed by atoms with Crippen LogP contribution in [0.4, 0.5) is 11.4 Å². The van der Waals surface area contributed by atoms with Crippen molar-refractivity contribution in [1.82, 2.24) is 9.36 Å². The van der Waals surface area contributed by atoms with Crippen LogP contribution < -0.4 is 10.6 Å². The van der Waals surface area contributed by atoms with Gasteiger partial charge in [-0.05, 0) is 73.9 Å². The van der Waals surface area contributed by atoms with Crippen molar-refractivity contribution in [2.24, 2.45) is 0 Å². The van der Waals surface area contributed by atoms with E-state index in [9.17, 15) is 9.59 Å². The van der Waals surface area contributed by atoms with Gasteiger partial charge in [-0.15, -0.1) is 0 Å². The zero-order valence-electron chi connectivity index (χ0n) is 16.5. The topological polar surface area (TPSA) is 84.0 Å². The highest BCUT2D eigenvalue weighted by Crippen LogP contribution is 2.30. The Hall–Kier alpha value is -1.78. The van der Waals surface area contributed by atoms with Gasteiger partial charge in [-0.2, -0.15) is 4.37 Å². The lowest BCUT2D eigenvalue weighted by atomic mass is 10.3. The van der Waals surface area contributed by atoms with Gasteiger partial charge >= 0.3 is 0 Å². The van der Waals surface area contributed by atoms with Gasteiger partial charge in [-0.1, -0.05) is 46.7 Å². The van der Waals surface area contributed by atoms with Crippen molar-refractivity contribution in [2.75, 3.05) is 10.6 Å². The standard InChI is InChI=1S/C20H18Cl2N4O2S3/c1-11(17(27)23-15-7-3-13(21)4-8-15)29-19-25-20(31-26-19)30-12(2)18(28)24-16-9-5-14(22)6-10-16/h3-12H,1-2H3,(H,23,27)(H,24,28)/t11-,12-/m1/s1. The Morgan fingerprint density at radius 2 is 1.29 bits per heavy atom. The Balaban J connectivity index is 1.50. The highest BCUT2D eigenvalue weighted by atomic mass is 35.5. The SMILES string of the molecule is C[C@@H](Sc1nsc(S[C@H](C)C(=O)Nc2ccc(Cl)cc2)n1)C(=O)Nc1ccc(Cl)cc1. The first-order valence-electron chi connectivity index (χ1n) is 9.10. The van der Waals surface area contributed by atoms with E-state index in [1.54, 1.807) is 62.4 Å². The zero-order valence-corrected chi connectivity index (χ0v) is 20.4. The quantitative estimate of drug-likeness (QED) is 0.355. The number of amides is 2. The van der Waals surface area contributed by atoms with Crippen LogP contribution in [0.5, 0.6) is 0 Å². The molecule has 1 heterocycles. The first-order chi connectivity index (χ1) is 14.8. The number of thioether (sulfide) groups is 2. The fraction of sp³-hybridized carbons (Fsp3) is 0.200. The third kappa shape index (κ3) is 7.40. The van der Waals surface area contributed by atoms with E-state index in [2.05, 4.69) is 20.0 Å². The van der Waals surface area contributed by atoms with Gasteiger partial charge in [0.25, 0.3) is 0 Å². The largest absolute Gasteiger partial charge is 0.325 e. The van der Waals surface area contributed by atoms with Gasteiger partial charge in [0, 0.05) is 21.4 Å². The first kappa shape index (κ1) is 23.9. The monoisotopic (exact) mass is 512 g/mol. The second-order valence-electron chi connectivity index (χ2n) is 6.36. The molecular formula is C20H18Cl2N4O2S3. The highest BCUT2D eigenvalue weighted by molar-refractivity contribution is 8.02. The summed E-state index contributed by atoms with van der Waals surface area (Å²) < 4.78 is 4.95. The third-order valence-corrected chi connectivity index (χ3v) is 7.38. The van der Waals surface area contributed by atoms with E-state index in [1.807, 2.05) is 0 Å². The van der Waals surface area contributed by atoms with E-state index >= 15 is 0 Å². The molecule has 0 aliphatic rings. The molecule has 1 aromatic heterocycles. The van der Waals surface area contributed by atoms with Gasteiger partial charge in [-0.25, -0.2) is 4.98 Å². The minimum absolute atomic E-state index is 0.146. The molecule has 162 valence electrons. The second kappa shape index (κ2) is 11.2. The van der Waals surface area contributed by atoms with Crippen molar-refractivity contribution in [3.05, 3.63) is 58.6 Å². The molecule has 0 fully saturated rings. The highest BCUT2D eigenvalue weighted by Gasteiger charge is 2.20. The number of benzene rings is 2. The lowest BCUT2D eigenvalue weighted by Crippen LogP contribution is -2.22. The van der Waals surface area contributed by atoms with E-state index in [-0.39, 0.29) is 17.1 Å². The lowest BCUT2D eigenvalue weighted by Gasteiger charge is -2.10. The van der Waals surface area contributed by atoms with Crippen molar-refractivity contribution in [2.45, 2.75) is 33.8 Å². The van der Waals surface area contributed by atoms with Crippen molar-refractivity contribution in [1.29, 1.82) is 0 Å². The number of hydrogen-bond acceptors (Lipinski definition) is 7. The molecule has 0 aliphatic carbocycles. The number of anilines is 2. The van der Waals surface area contributed by atoms with E-state index in [0.29, 0.717) is 30.9 Å². The van der Waals surface area contributed by atoms with Crippen molar-refractivity contribution in [3.63, 3.8) is 0 Å². The maximum atomic E-state index is 12.4. The van der Waals surface area contributed by atoms with Crippen molar-refractivity contribution in [3.8, 4) is 0 Å². The summed E-state index contributed by atoms with van der Waals surface area (Å²) in [6.07, 6.45) is 0. The van der Waals surface area contributed by atoms with Crippen LogP contribution in [0.2, 0.25) is 10.0 Å². The smallest absolute Gasteiger partial charge is 0.237 e. The average Bonchev–Trinajstić information content (AvgIpc) is 3.17. The Bertz CT molecular complexity index is 963. The van der Waals surface area contributed by atoms with Crippen LogP contribution in [-0.2, 0) is 9.59 Å². The summed E-state index contributed by atoms with van der Waals surface area (Å²) in [7, 11) is 0. The van der Waals surface area contributed by atoms with E-state index in [4.69, 9.17) is 23.2 Å². The van der Waals surface area contributed by atoms with Gasteiger partial charge < -0.3 is 10.6 Å². The molecule has 2 aromatic carbocycles. The summed E-state index contributed by atoms with van der Waals surface area (Å²) in [6.45, 7) is 3.58. The molecule has 0 radical (unpaired) electrons. The molecule has 2 atom stereocenters. The first-order valence-corrected chi connectivity index (χ1v) is 12.4. The van der Waals surface area contributed by atoms with E-state index in [1.165, 1.54) is 35.1 Å². The summed E-state index contributed by atoms with van der Waals surface area (Å²) in [6, 6.07) is 13.8. The minimum atomic E-state index is -0.395. The van der Waals surface area contributed by atoms with Crippen LogP contribution in [0, 0.1) is 0 Å². The Labute approximate surface area is 202 Å². The summed E-state index contributed by atoms with van der Waals surface area (Å²) in [5.74, 6) is -0.306. The minimum Gasteiger partial charge on any atom is -0.325 e. The van der Waals surface area contributed by atoms with Crippen LogP contribution in [0.1, 0.15) is 13.8 Å². The lowest BCUT2D eigenvalue weighted by molar-refractivity contribution is -0.116. The van der Waals surface area contributed by atoms with Crippen LogP contribution in [0.15, 0.2) is 58.0 Å². The van der Waals surface area contributed by atoms with Crippen LogP contribution in [0.3, 0.4) is 0 Å². The molecule has 0 unspecified atom stereocenters. The molecule has 0 aliphatic heterocycles. The fourth-order valence-corrected chi connectivity index (χ4v) is 5.19. The van der Waals surface area contributed by atoms with Crippen molar-refractivity contribution < 1.29 is 9.59 Å². The predicted octanol–water partition coefficient (Wildman–Crippen LogP) is 6.08. The second-order valence-corrected chi connectivity index (χ2v) is 10.9. The number of carbonyl (C=O) groups excluding carboxylic acids is 2. The number of hydrogen-bond donors (Lipinski definition) is 2. The predicted molar refractivity (Wildman–Crippen MR) is 131 cm³/mol. The van der Waals surface area contributed by atoms with Gasteiger partial charge in [0.05, 0.1) is 10.5 Å². The molecule has 2 N–H and O–H groups in total. The Morgan fingerprint density at radius 1 is 0.839 bits per heavy atom. The number of aromatic nitrogens is 2. The number of nitrogens with zero attached hydrogens (tertiary/aromatic N) is 2. The van der Waals surface area contributed by atoms with Gasteiger partial charge in [0.2, 0.25) is 17.0 Å². The average molecular weight is 513 g/mol. The normalized spacial score (nSPS) is 12.8. The molecule has 0 spiro atoms. The summed E-state index contributed by atoms with van der Waals surface area (Å²) in [5, 5.41) is 6.62. The summed E-state index contributed by atoms with van der Waals surface area (Å²) >= 11 is 15.5. The van der Waals surface area contributed by atoms with Crippen LogP contribution >= 0.6 is 58.3 Å². The molecule has 3 aromatic rings. The molecule has 31 heavy (non-hydrogen) atoms.